The fourth-order valence-electron chi connectivity index (χ4n) is 1.44. The number of alkyl halides is 6. The van der Waals surface area contributed by atoms with E-state index in [0.29, 0.717) is 0 Å². The van der Waals surface area contributed by atoms with Gasteiger partial charge in [-0.1, -0.05) is 6.58 Å². The molecule has 0 spiro atoms. The van der Waals surface area contributed by atoms with Crippen molar-refractivity contribution < 1.29 is 39.2 Å². The molecule has 0 amide bonds. The Balaban J connectivity index is 2.87. The number of sulfonamides is 1. The Morgan fingerprint density at radius 3 is 1.84 bits per heavy atom. The van der Waals surface area contributed by atoms with Crippen LogP contribution in [0.1, 0.15) is 6.92 Å². The van der Waals surface area contributed by atoms with Crippen LogP contribution in [0, 0.1) is 5.82 Å². The van der Waals surface area contributed by atoms with E-state index in [0.717, 1.165) is 29.6 Å². The molecule has 0 aliphatic rings. The van der Waals surface area contributed by atoms with Gasteiger partial charge in [-0.05, 0) is 31.2 Å². The van der Waals surface area contributed by atoms with Crippen LogP contribution < -0.4 is 15.6 Å². The van der Waals surface area contributed by atoms with Gasteiger partial charge in [0, 0.05) is 0 Å². The van der Waals surface area contributed by atoms with Crippen molar-refractivity contribution in [2.75, 3.05) is 0 Å². The zero-order chi connectivity index (χ0) is 19.7. The maximum absolute atomic E-state index is 12.7. The Morgan fingerprint density at radius 2 is 1.44 bits per heavy atom. The third-order valence-corrected chi connectivity index (χ3v) is 4.26. The highest BCUT2D eigenvalue weighted by Crippen LogP contribution is 2.42. The van der Waals surface area contributed by atoms with Crippen molar-refractivity contribution in [1.29, 1.82) is 0 Å². The van der Waals surface area contributed by atoms with E-state index >= 15 is 0 Å². The minimum atomic E-state index is -5.74. The molecule has 0 aliphatic heterocycles. The van der Waals surface area contributed by atoms with Crippen LogP contribution >= 0.6 is 0 Å². The van der Waals surface area contributed by atoms with Gasteiger partial charge < -0.3 is 5.32 Å². The fourth-order valence-corrected chi connectivity index (χ4v) is 2.31. The molecule has 25 heavy (non-hydrogen) atoms. The molecule has 5 nitrogen and oxygen atoms in total. The van der Waals surface area contributed by atoms with Gasteiger partial charge >= 0.3 is 12.4 Å². The second kappa shape index (κ2) is 6.71. The summed E-state index contributed by atoms with van der Waals surface area (Å²) in [5.41, 5.74) is -2.77. The number of benzene rings is 1. The number of nitrogens with one attached hydrogen (secondary N) is 3. The van der Waals surface area contributed by atoms with Crippen molar-refractivity contribution in [2.24, 2.45) is 0 Å². The van der Waals surface area contributed by atoms with E-state index in [-0.39, 0.29) is 6.92 Å². The lowest BCUT2D eigenvalue weighted by Crippen LogP contribution is -2.65. The van der Waals surface area contributed by atoms with Crippen molar-refractivity contribution in [3.63, 3.8) is 0 Å². The van der Waals surface area contributed by atoms with E-state index in [1.165, 1.54) is 4.83 Å². The number of halogens is 7. The number of hydrazine groups is 1. The smallest absolute Gasteiger partial charge is 0.350 e. The number of hydrogen-bond acceptors (Lipinski definition) is 4. The molecule has 0 saturated heterocycles. The highest BCUT2D eigenvalue weighted by atomic mass is 32.2. The van der Waals surface area contributed by atoms with Crippen LogP contribution in [-0.4, -0.2) is 26.3 Å². The molecule has 0 radical (unpaired) electrons. The van der Waals surface area contributed by atoms with Crippen LogP contribution in [0.2, 0.25) is 0 Å². The minimum absolute atomic E-state index is 0.172. The first-order valence-electron chi connectivity index (χ1n) is 6.24. The van der Waals surface area contributed by atoms with Gasteiger partial charge in [0.25, 0.3) is 10.0 Å². The van der Waals surface area contributed by atoms with Crippen LogP contribution in [0.3, 0.4) is 0 Å². The molecule has 0 unspecified atom stereocenters. The van der Waals surface area contributed by atoms with Gasteiger partial charge in [-0.2, -0.15) is 26.3 Å². The standard InChI is InChI=1S/C12H12F7N3O2S/c1-7(20-10(2,11(14,15)16)12(17,18)19)21-22-25(23,24)9-5-3-8(13)4-6-9/h3-6,20-22H,1H2,2H3. The topological polar surface area (TPSA) is 70.2 Å². The summed E-state index contributed by atoms with van der Waals surface area (Å²) in [6, 6.07) is 3.27. The SMILES string of the molecule is C=C(NNS(=O)(=O)c1ccc(F)cc1)NC(C)(C(F)(F)F)C(F)(F)F. The van der Waals surface area contributed by atoms with Gasteiger partial charge in [0.15, 0.2) is 0 Å². The molecule has 0 saturated carbocycles. The largest absolute Gasteiger partial charge is 0.420 e. The lowest BCUT2D eigenvalue weighted by Gasteiger charge is -2.36. The van der Waals surface area contributed by atoms with Crippen LogP contribution in [-0.2, 0) is 10.0 Å². The van der Waals surface area contributed by atoms with Crippen molar-refractivity contribution in [2.45, 2.75) is 29.7 Å². The van der Waals surface area contributed by atoms with Crippen LogP contribution in [0.25, 0.3) is 0 Å². The molecule has 3 N–H and O–H groups in total. The molecular weight excluding hydrogens is 383 g/mol. The van der Waals surface area contributed by atoms with E-state index in [1.807, 2.05) is 0 Å². The maximum Gasteiger partial charge on any atom is 0.420 e. The van der Waals surface area contributed by atoms with Crippen molar-refractivity contribution in [1.82, 2.24) is 15.6 Å². The molecule has 0 atom stereocenters. The maximum atomic E-state index is 12.7. The van der Waals surface area contributed by atoms with E-state index in [9.17, 15) is 39.2 Å². The molecule has 1 rings (SSSR count). The average Bonchev–Trinajstić information content (AvgIpc) is 2.43. The molecule has 13 heteroatoms. The summed E-state index contributed by atoms with van der Waals surface area (Å²) in [4.78, 5) is 1.04. The molecule has 0 heterocycles. The van der Waals surface area contributed by atoms with Crippen molar-refractivity contribution in [3.05, 3.63) is 42.5 Å². The van der Waals surface area contributed by atoms with Gasteiger partial charge in [-0.3, -0.25) is 5.43 Å². The first kappa shape index (κ1) is 21.0. The molecule has 1 aromatic rings. The van der Waals surface area contributed by atoms with Gasteiger partial charge in [0.1, 0.15) is 11.6 Å². The van der Waals surface area contributed by atoms with E-state index in [2.05, 4.69) is 6.58 Å². The van der Waals surface area contributed by atoms with Gasteiger partial charge in [-0.15, -0.1) is 4.83 Å². The quantitative estimate of drug-likeness (QED) is 0.512. The zero-order valence-electron chi connectivity index (χ0n) is 12.4. The molecule has 0 aromatic heterocycles. The third-order valence-electron chi connectivity index (χ3n) is 3.00. The summed E-state index contributed by atoms with van der Waals surface area (Å²) in [5.74, 6) is -1.85. The zero-order valence-corrected chi connectivity index (χ0v) is 13.2. The lowest BCUT2D eigenvalue weighted by atomic mass is 10.0. The molecule has 0 bridgehead atoms. The van der Waals surface area contributed by atoms with Gasteiger partial charge in [0.05, 0.1) is 4.90 Å². The lowest BCUT2D eigenvalue weighted by molar-refractivity contribution is -0.299. The monoisotopic (exact) mass is 395 g/mol. The summed E-state index contributed by atoms with van der Waals surface area (Å²) >= 11 is 0. The summed E-state index contributed by atoms with van der Waals surface area (Å²) in [5, 5.41) is 1.06. The van der Waals surface area contributed by atoms with Crippen LogP contribution in [0.5, 0.6) is 0 Å². The normalized spacial score (nSPS) is 13.4. The van der Waals surface area contributed by atoms with Gasteiger partial charge in [-0.25, -0.2) is 12.8 Å². The van der Waals surface area contributed by atoms with Gasteiger partial charge in [0.2, 0.25) is 5.54 Å². The average molecular weight is 395 g/mol. The Morgan fingerprint density at radius 1 is 1.00 bits per heavy atom. The summed E-state index contributed by atoms with van der Waals surface area (Å²) in [6.07, 6.45) is -11.5. The van der Waals surface area contributed by atoms with Crippen molar-refractivity contribution in [3.8, 4) is 0 Å². The minimum Gasteiger partial charge on any atom is -0.350 e. The molecular formula is C12H12F7N3O2S. The molecule has 1 aromatic carbocycles. The van der Waals surface area contributed by atoms with Crippen LogP contribution in [0.15, 0.2) is 41.6 Å². The highest BCUT2D eigenvalue weighted by Gasteiger charge is 2.68. The first-order valence-corrected chi connectivity index (χ1v) is 7.72. The van der Waals surface area contributed by atoms with Crippen molar-refractivity contribution >= 4 is 10.0 Å². The Kier molecular flexibility index (Phi) is 5.64. The fraction of sp³-hybridized carbons (Fsp3) is 0.333. The number of hydrogen-bond donors (Lipinski definition) is 3. The Labute approximate surface area is 137 Å². The predicted octanol–water partition coefficient (Wildman–Crippen LogP) is 2.55. The second-order valence-electron chi connectivity index (χ2n) is 4.91. The Hall–Kier alpha value is -2.02. The molecule has 0 fully saturated rings. The second-order valence-corrected chi connectivity index (χ2v) is 6.59. The summed E-state index contributed by atoms with van der Waals surface area (Å²) < 4.78 is 113. The predicted molar refractivity (Wildman–Crippen MR) is 72.6 cm³/mol. The Bertz CT molecular complexity index is 713. The van der Waals surface area contributed by atoms with E-state index < -0.39 is 44.4 Å². The van der Waals surface area contributed by atoms with E-state index in [1.54, 1.807) is 5.43 Å². The summed E-state index contributed by atoms with van der Waals surface area (Å²) in [6.45, 7) is 2.70. The molecule has 0 aliphatic carbocycles. The first-order chi connectivity index (χ1) is 11.1. The summed E-state index contributed by atoms with van der Waals surface area (Å²) in [7, 11) is -4.39. The third kappa shape index (κ3) is 4.75. The number of rotatable bonds is 6. The molecule has 142 valence electrons. The van der Waals surface area contributed by atoms with E-state index in [4.69, 9.17) is 0 Å². The van der Waals surface area contributed by atoms with Crippen LogP contribution in [0.4, 0.5) is 30.7 Å². The highest BCUT2D eigenvalue weighted by molar-refractivity contribution is 7.89.